The molecule has 0 radical (unpaired) electrons. The van der Waals surface area contributed by atoms with Crippen molar-refractivity contribution in [3.8, 4) is 0 Å². The smallest absolute Gasteiger partial charge is 0.181 e. The number of ether oxygens (including phenoxy) is 1. The normalized spacial score (nSPS) is 12.0. The molecule has 1 heterocycles. The summed E-state index contributed by atoms with van der Waals surface area (Å²) in [5.41, 5.74) is 0.282. The van der Waals surface area contributed by atoms with Gasteiger partial charge in [0, 0.05) is 7.11 Å². The van der Waals surface area contributed by atoms with Crippen molar-refractivity contribution in [1.82, 2.24) is 4.98 Å². The number of alkyl halides is 1. The zero-order valence-corrected chi connectivity index (χ0v) is 8.18. The Labute approximate surface area is 76.7 Å². The van der Waals surface area contributed by atoms with Gasteiger partial charge in [0.15, 0.2) is 12.2 Å². The average molecular weight is 190 g/mol. The van der Waals surface area contributed by atoms with Crippen LogP contribution in [-0.2, 0) is 16.2 Å². The second kappa shape index (κ2) is 3.46. The molecule has 0 aliphatic heterocycles. The van der Waals surface area contributed by atoms with Gasteiger partial charge in [-0.1, -0.05) is 0 Å². The fraction of sp³-hybridized carbons (Fsp3) is 0.625. The van der Waals surface area contributed by atoms with Crippen molar-refractivity contribution in [3.63, 3.8) is 0 Å². The number of oxazole rings is 1. The minimum absolute atomic E-state index is 0.346. The van der Waals surface area contributed by atoms with Crippen molar-refractivity contribution < 1.29 is 9.15 Å². The van der Waals surface area contributed by atoms with Crippen LogP contribution in [0.2, 0.25) is 0 Å². The summed E-state index contributed by atoms with van der Waals surface area (Å²) in [7, 11) is 1.63. The quantitative estimate of drug-likeness (QED) is 0.685. The van der Waals surface area contributed by atoms with E-state index in [4.69, 9.17) is 20.8 Å². The van der Waals surface area contributed by atoms with E-state index < -0.39 is 5.60 Å². The van der Waals surface area contributed by atoms with Gasteiger partial charge in [-0.15, -0.1) is 11.6 Å². The number of halogens is 1. The Balaban J connectivity index is 3.00. The molecule has 0 aliphatic carbocycles. The van der Waals surface area contributed by atoms with Crippen LogP contribution in [-0.4, -0.2) is 12.1 Å². The Bertz CT molecular complexity index is 257. The zero-order chi connectivity index (χ0) is 9.19. The molecule has 0 atom stereocenters. The molecule has 1 aromatic heterocycles. The van der Waals surface area contributed by atoms with Gasteiger partial charge in [0.25, 0.3) is 0 Å². The standard InChI is InChI=1S/C8H12ClNO2/c1-8(2,11-3)7-6(4-9)10-5-12-7/h5H,4H2,1-3H3. The minimum atomic E-state index is -0.458. The van der Waals surface area contributed by atoms with Crippen LogP contribution < -0.4 is 0 Å². The summed E-state index contributed by atoms with van der Waals surface area (Å²) in [6, 6.07) is 0. The molecule has 0 spiro atoms. The monoisotopic (exact) mass is 189 g/mol. The van der Waals surface area contributed by atoms with Gasteiger partial charge in [-0.05, 0) is 13.8 Å². The van der Waals surface area contributed by atoms with E-state index in [1.165, 1.54) is 6.39 Å². The Morgan fingerprint density at radius 2 is 2.33 bits per heavy atom. The molecule has 12 heavy (non-hydrogen) atoms. The molecule has 0 N–H and O–H groups in total. The lowest BCUT2D eigenvalue weighted by molar-refractivity contribution is 0.000191. The maximum absolute atomic E-state index is 5.66. The molecule has 1 aromatic rings. The topological polar surface area (TPSA) is 35.3 Å². The van der Waals surface area contributed by atoms with E-state index in [1.54, 1.807) is 7.11 Å². The summed E-state index contributed by atoms with van der Waals surface area (Å²) >= 11 is 5.66. The fourth-order valence-electron chi connectivity index (χ4n) is 0.947. The first kappa shape index (κ1) is 9.55. The average Bonchev–Trinajstić information content (AvgIpc) is 2.52. The first-order valence-corrected chi connectivity index (χ1v) is 4.19. The highest BCUT2D eigenvalue weighted by Crippen LogP contribution is 2.27. The lowest BCUT2D eigenvalue weighted by atomic mass is 10.1. The summed E-state index contributed by atoms with van der Waals surface area (Å²) in [5.74, 6) is 1.04. The Hall–Kier alpha value is -0.540. The number of hydrogen-bond donors (Lipinski definition) is 0. The van der Waals surface area contributed by atoms with E-state index >= 15 is 0 Å². The Morgan fingerprint density at radius 3 is 2.83 bits per heavy atom. The van der Waals surface area contributed by atoms with Gasteiger partial charge in [-0.3, -0.25) is 0 Å². The highest BCUT2D eigenvalue weighted by Gasteiger charge is 2.27. The third-order valence-electron chi connectivity index (χ3n) is 1.82. The summed E-state index contributed by atoms with van der Waals surface area (Å²) in [6.07, 6.45) is 1.38. The molecule has 68 valence electrons. The molecule has 0 aromatic carbocycles. The van der Waals surface area contributed by atoms with Crippen LogP contribution in [0.5, 0.6) is 0 Å². The molecular formula is C8H12ClNO2. The van der Waals surface area contributed by atoms with Crippen LogP contribution in [0.15, 0.2) is 10.8 Å². The van der Waals surface area contributed by atoms with Crippen LogP contribution >= 0.6 is 11.6 Å². The molecular weight excluding hydrogens is 178 g/mol. The van der Waals surface area contributed by atoms with Crippen molar-refractivity contribution in [2.45, 2.75) is 25.3 Å². The van der Waals surface area contributed by atoms with E-state index in [1.807, 2.05) is 13.8 Å². The summed E-state index contributed by atoms with van der Waals surface area (Å²) in [5, 5.41) is 0. The lowest BCUT2D eigenvalue weighted by Crippen LogP contribution is -2.20. The third kappa shape index (κ3) is 1.62. The molecule has 4 heteroatoms. The molecule has 0 aliphatic rings. The van der Waals surface area contributed by atoms with Crippen molar-refractivity contribution in [2.75, 3.05) is 7.11 Å². The molecule has 0 saturated heterocycles. The van der Waals surface area contributed by atoms with Crippen LogP contribution in [0.1, 0.15) is 25.3 Å². The maximum atomic E-state index is 5.66. The molecule has 0 amide bonds. The highest BCUT2D eigenvalue weighted by atomic mass is 35.5. The molecule has 3 nitrogen and oxygen atoms in total. The molecule has 0 bridgehead atoms. The largest absolute Gasteiger partial charge is 0.445 e. The van der Waals surface area contributed by atoms with Gasteiger partial charge in [0.2, 0.25) is 0 Å². The van der Waals surface area contributed by atoms with Crippen LogP contribution in [0.25, 0.3) is 0 Å². The summed E-state index contributed by atoms with van der Waals surface area (Å²) in [6.45, 7) is 3.81. The SMILES string of the molecule is COC(C)(C)c1ocnc1CCl. The highest BCUT2D eigenvalue weighted by molar-refractivity contribution is 6.16. The Kier molecular flexibility index (Phi) is 2.75. The molecule has 0 fully saturated rings. The zero-order valence-electron chi connectivity index (χ0n) is 7.43. The van der Waals surface area contributed by atoms with Crippen molar-refractivity contribution in [1.29, 1.82) is 0 Å². The fourth-order valence-corrected chi connectivity index (χ4v) is 1.14. The predicted molar refractivity (Wildman–Crippen MR) is 46.1 cm³/mol. The first-order chi connectivity index (χ1) is 5.61. The number of nitrogens with zero attached hydrogens (tertiary/aromatic N) is 1. The first-order valence-electron chi connectivity index (χ1n) is 3.65. The van der Waals surface area contributed by atoms with Crippen molar-refractivity contribution in [2.24, 2.45) is 0 Å². The number of methoxy groups -OCH3 is 1. The number of rotatable bonds is 3. The van der Waals surface area contributed by atoms with Crippen molar-refractivity contribution in [3.05, 3.63) is 17.8 Å². The lowest BCUT2D eigenvalue weighted by Gasteiger charge is -2.20. The maximum Gasteiger partial charge on any atom is 0.181 e. The van der Waals surface area contributed by atoms with Crippen molar-refractivity contribution >= 4 is 11.6 Å². The number of hydrogen-bond acceptors (Lipinski definition) is 3. The van der Waals surface area contributed by atoms with Gasteiger partial charge < -0.3 is 9.15 Å². The van der Waals surface area contributed by atoms with Gasteiger partial charge in [-0.25, -0.2) is 4.98 Å². The van der Waals surface area contributed by atoms with Crippen LogP contribution in [0.3, 0.4) is 0 Å². The number of aromatic nitrogens is 1. The third-order valence-corrected chi connectivity index (χ3v) is 2.08. The van der Waals surface area contributed by atoms with Crippen LogP contribution in [0.4, 0.5) is 0 Å². The van der Waals surface area contributed by atoms with E-state index in [0.29, 0.717) is 11.6 Å². The Morgan fingerprint density at radius 1 is 1.67 bits per heavy atom. The molecule has 1 rings (SSSR count). The van der Waals surface area contributed by atoms with Gasteiger partial charge in [-0.2, -0.15) is 0 Å². The molecule has 0 unspecified atom stereocenters. The van der Waals surface area contributed by atoms with E-state index in [2.05, 4.69) is 4.98 Å². The van der Waals surface area contributed by atoms with Gasteiger partial charge in [0.05, 0.1) is 11.6 Å². The van der Waals surface area contributed by atoms with E-state index in [9.17, 15) is 0 Å². The van der Waals surface area contributed by atoms with Gasteiger partial charge in [0.1, 0.15) is 5.60 Å². The van der Waals surface area contributed by atoms with Crippen LogP contribution in [0, 0.1) is 0 Å². The van der Waals surface area contributed by atoms with E-state index in [-0.39, 0.29) is 0 Å². The minimum Gasteiger partial charge on any atom is -0.445 e. The second-order valence-electron chi connectivity index (χ2n) is 2.98. The van der Waals surface area contributed by atoms with Gasteiger partial charge >= 0.3 is 0 Å². The second-order valence-corrected chi connectivity index (χ2v) is 3.24. The predicted octanol–water partition coefficient (Wildman–Crippen LogP) is 2.29. The molecule has 0 saturated carbocycles. The summed E-state index contributed by atoms with van der Waals surface area (Å²) in [4.78, 5) is 3.97. The van der Waals surface area contributed by atoms with E-state index in [0.717, 1.165) is 5.69 Å². The summed E-state index contributed by atoms with van der Waals surface area (Å²) < 4.78 is 10.4.